The molecule has 1 N–H and O–H groups in total. The molecule has 4 nitrogen and oxygen atoms in total. The largest absolute Gasteiger partial charge is 0.475 e. The number of aliphatic carboxylic acids is 1. The van der Waals surface area contributed by atoms with Crippen LogP contribution in [-0.2, 0) is 16.1 Å². The number of halogens is 1. The van der Waals surface area contributed by atoms with Crippen LogP contribution in [0, 0.1) is 0 Å². The second-order valence-corrected chi connectivity index (χ2v) is 3.33. The van der Waals surface area contributed by atoms with Crippen molar-refractivity contribution in [3.63, 3.8) is 0 Å². The van der Waals surface area contributed by atoms with E-state index in [1.165, 1.54) is 4.57 Å². The molecule has 1 aromatic heterocycles. The summed E-state index contributed by atoms with van der Waals surface area (Å²) in [4.78, 5) is 21.0. The van der Waals surface area contributed by atoms with E-state index in [-0.39, 0.29) is 6.54 Å². The standard InChI is InChI=1S/C8H6BrNO3/c9-6-1-3-10(4-2-6)5-7(11)8(12)13/h1-4H,5H2/p+1. The number of carboxylic acids is 1. The molecule has 0 aliphatic rings. The lowest BCUT2D eigenvalue weighted by atomic mass is 10.4. The van der Waals surface area contributed by atoms with Crippen molar-refractivity contribution in [2.75, 3.05) is 0 Å². The first kappa shape index (κ1) is 9.85. The second kappa shape index (κ2) is 4.13. The van der Waals surface area contributed by atoms with Crippen molar-refractivity contribution >= 4 is 27.7 Å². The molecule has 0 aliphatic carbocycles. The van der Waals surface area contributed by atoms with E-state index in [1.807, 2.05) is 0 Å². The summed E-state index contributed by atoms with van der Waals surface area (Å²) in [7, 11) is 0. The molecule has 0 radical (unpaired) electrons. The highest BCUT2D eigenvalue weighted by molar-refractivity contribution is 9.10. The van der Waals surface area contributed by atoms with Gasteiger partial charge in [-0.2, -0.15) is 4.57 Å². The van der Waals surface area contributed by atoms with E-state index < -0.39 is 11.8 Å². The minimum Gasteiger partial charge on any atom is -0.475 e. The van der Waals surface area contributed by atoms with Crippen LogP contribution in [0.15, 0.2) is 29.0 Å². The zero-order chi connectivity index (χ0) is 9.84. The second-order valence-electron chi connectivity index (χ2n) is 2.42. The quantitative estimate of drug-likeness (QED) is 0.619. The van der Waals surface area contributed by atoms with Crippen LogP contribution in [-0.4, -0.2) is 16.9 Å². The molecule has 0 unspecified atom stereocenters. The van der Waals surface area contributed by atoms with E-state index in [1.54, 1.807) is 24.5 Å². The summed E-state index contributed by atoms with van der Waals surface area (Å²) in [6.45, 7) is -0.136. The molecule has 5 heteroatoms. The van der Waals surface area contributed by atoms with Crippen molar-refractivity contribution in [2.24, 2.45) is 0 Å². The molecule has 1 heterocycles. The van der Waals surface area contributed by atoms with Crippen LogP contribution in [0.3, 0.4) is 0 Å². The van der Waals surface area contributed by atoms with E-state index in [2.05, 4.69) is 15.9 Å². The summed E-state index contributed by atoms with van der Waals surface area (Å²) in [5.74, 6) is -2.23. The van der Waals surface area contributed by atoms with E-state index >= 15 is 0 Å². The summed E-state index contributed by atoms with van der Waals surface area (Å²) < 4.78 is 2.38. The Labute approximate surface area is 82.9 Å². The number of pyridine rings is 1. The highest BCUT2D eigenvalue weighted by atomic mass is 79.9. The lowest BCUT2D eigenvalue weighted by molar-refractivity contribution is -0.683. The summed E-state index contributed by atoms with van der Waals surface area (Å²) in [6.07, 6.45) is 3.26. The van der Waals surface area contributed by atoms with Gasteiger partial charge in [0, 0.05) is 16.6 Å². The van der Waals surface area contributed by atoms with Gasteiger partial charge in [0.05, 0.1) is 0 Å². The Hall–Kier alpha value is -1.23. The summed E-state index contributed by atoms with van der Waals surface area (Å²) in [5, 5.41) is 8.33. The van der Waals surface area contributed by atoms with Gasteiger partial charge in [-0.1, -0.05) is 15.9 Å². The number of rotatable bonds is 3. The number of Topliss-reactive ketones (excluding diaryl/α,β-unsaturated/α-hetero) is 1. The van der Waals surface area contributed by atoms with E-state index in [0.29, 0.717) is 0 Å². The van der Waals surface area contributed by atoms with Crippen molar-refractivity contribution in [3.05, 3.63) is 29.0 Å². The van der Waals surface area contributed by atoms with Gasteiger partial charge in [0.25, 0.3) is 0 Å². The Kier molecular flexibility index (Phi) is 3.13. The van der Waals surface area contributed by atoms with Gasteiger partial charge in [0.15, 0.2) is 12.4 Å². The van der Waals surface area contributed by atoms with Gasteiger partial charge in [-0.3, -0.25) is 4.79 Å². The molecule has 13 heavy (non-hydrogen) atoms. The molecular formula is C8H7BrNO3+. The van der Waals surface area contributed by atoms with Crippen molar-refractivity contribution in [1.82, 2.24) is 0 Å². The van der Waals surface area contributed by atoms with Crippen LogP contribution >= 0.6 is 15.9 Å². The normalized spacial score (nSPS) is 9.62. The van der Waals surface area contributed by atoms with Gasteiger partial charge in [-0.15, -0.1) is 0 Å². The third-order valence-electron chi connectivity index (χ3n) is 1.42. The fraction of sp³-hybridized carbons (Fsp3) is 0.125. The molecule has 0 fully saturated rings. The SMILES string of the molecule is O=C(O)C(=O)C[n+]1ccc(Br)cc1. The molecule has 1 aromatic rings. The number of ketones is 1. The Morgan fingerprint density at radius 1 is 1.38 bits per heavy atom. The zero-order valence-electron chi connectivity index (χ0n) is 6.61. The van der Waals surface area contributed by atoms with Crippen LogP contribution in [0.2, 0.25) is 0 Å². The lowest BCUT2D eigenvalue weighted by Crippen LogP contribution is -2.39. The van der Waals surface area contributed by atoms with Gasteiger partial charge in [-0.05, 0) is 0 Å². The maximum absolute atomic E-state index is 10.8. The Balaban J connectivity index is 2.70. The summed E-state index contributed by atoms with van der Waals surface area (Å²) in [5.41, 5.74) is 0. The van der Waals surface area contributed by atoms with E-state index in [9.17, 15) is 9.59 Å². The number of aromatic nitrogens is 1. The lowest BCUT2D eigenvalue weighted by Gasteiger charge is -1.92. The first-order valence-corrected chi connectivity index (χ1v) is 4.29. The molecule has 0 amide bonds. The van der Waals surface area contributed by atoms with Gasteiger partial charge in [0.1, 0.15) is 0 Å². The van der Waals surface area contributed by atoms with Crippen molar-refractivity contribution in [3.8, 4) is 0 Å². The average molecular weight is 245 g/mol. The fourth-order valence-electron chi connectivity index (χ4n) is 0.778. The monoisotopic (exact) mass is 244 g/mol. The summed E-state index contributed by atoms with van der Waals surface area (Å²) >= 11 is 3.23. The fourth-order valence-corrected chi connectivity index (χ4v) is 1.01. The predicted molar refractivity (Wildman–Crippen MR) is 47.0 cm³/mol. The van der Waals surface area contributed by atoms with Gasteiger partial charge in [0.2, 0.25) is 6.54 Å². The number of hydrogen-bond acceptors (Lipinski definition) is 2. The molecule has 0 atom stereocenters. The maximum Gasteiger partial charge on any atom is 0.379 e. The number of nitrogens with zero attached hydrogens (tertiary/aromatic N) is 1. The summed E-state index contributed by atoms with van der Waals surface area (Å²) in [6, 6.07) is 3.46. The molecule has 0 aromatic carbocycles. The van der Waals surface area contributed by atoms with Crippen molar-refractivity contribution in [1.29, 1.82) is 0 Å². The number of carbonyl (C=O) groups is 2. The first-order chi connectivity index (χ1) is 6.09. The van der Waals surface area contributed by atoms with Crippen LogP contribution < -0.4 is 4.57 Å². The maximum atomic E-state index is 10.8. The first-order valence-electron chi connectivity index (χ1n) is 3.50. The number of carboxylic acid groups (broad SMARTS) is 1. The minimum absolute atomic E-state index is 0.136. The number of carbonyl (C=O) groups excluding carboxylic acids is 1. The highest BCUT2D eigenvalue weighted by Crippen LogP contribution is 2.03. The van der Waals surface area contributed by atoms with Crippen LogP contribution in [0.5, 0.6) is 0 Å². The van der Waals surface area contributed by atoms with Gasteiger partial charge >= 0.3 is 11.8 Å². The van der Waals surface area contributed by atoms with Crippen LogP contribution in [0.4, 0.5) is 0 Å². The smallest absolute Gasteiger partial charge is 0.379 e. The Morgan fingerprint density at radius 3 is 2.38 bits per heavy atom. The zero-order valence-corrected chi connectivity index (χ0v) is 8.19. The molecule has 68 valence electrons. The molecule has 0 aliphatic heterocycles. The third kappa shape index (κ3) is 2.95. The Bertz CT molecular complexity index is 334. The molecule has 0 saturated carbocycles. The van der Waals surface area contributed by atoms with Gasteiger partial charge in [-0.25, -0.2) is 4.79 Å². The van der Waals surface area contributed by atoms with Crippen molar-refractivity contribution in [2.45, 2.75) is 6.54 Å². The van der Waals surface area contributed by atoms with E-state index in [4.69, 9.17) is 5.11 Å². The van der Waals surface area contributed by atoms with Crippen molar-refractivity contribution < 1.29 is 19.3 Å². The Morgan fingerprint density at radius 2 is 1.92 bits per heavy atom. The van der Waals surface area contributed by atoms with Crippen LogP contribution in [0.1, 0.15) is 0 Å². The molecule has 0 bridgehead atoms. The molecule has 0 saturated heterocycles. The minimum atomic E-state index is -1.41. The van der Waals surface area contributed by atoms with Crippen LogP contribution in [0.25, 0.3) is 0 Å². The molecule has 1 rings (SSSR count). The third-order valence-corrected chi connectivity index (χ3v) is 1.94. The van der Waals surface area contributed by atoms with Gasteiger partial charge < -0.3 is 5.11 Å². The topological polar surface area (TPSA) is 58.2 Å². The number of hydrogen-bond donors (Lipinski definition) is 1. The highest BCUT2D eigenvalue weighted by Gasteiger charge is 2.16. The predicted octanol–water partition coefficient (Wildman–Crippen LogP) is 0.390. The average Bonchev–Trinajstić information content (AvgIpc) is 2.08. The molecular weight excluding hydrogens is 238 g/mol. The molecule has 0 spiro atoms. The van der Waals surface area contributed by atoms with E-state index in [0.717, 1.165) is 4.47 Å².